The van der Waals surface area contributed by atoms with Gasteiger partial charge in [0.15, 0.2) is 5.43 Å². The first-order chi connectivity index (χ1) is 15.6. The fourth-order valence-corrected chi connectivity index (χ4v) is 4.21. The summed E-state index contributed by atoms with van der Waals surface area (Å²) in [5, 5.41) is 2.94. The van der Waals surface area contributed by atoms with Gasteiger partial charge in [0.1, 0.15) is 5.56 Å². The molecule has 0 radical (unpaired) electrons. The van der Waals surface area contributed by atoms with Crippen LogP contribution in [-0.2, 0) is 24.1 Å². The maximum Gasteiger partial charge on any atom is 0.257 e. The van der Waals surface area contributed by atoms with Crippen molar-refractivity contribution < 1.29 is 9.53 Å². The lowest BCUT2D eigenvalue weighted by Gasteiger charge is -2.20. The average Bonchev–Trinajstić information content (AvgIpc) is 3.33. The molecule has 3 heterocycles. The predicted octanol–water partition coefficient (Wildman–Crippen LogP) is 3.29. The quantitative estimate of drug-likeness (QED) is 0.594. The highest BCUT2D eigenvalue weighted by atomic mass is 16.5. The van der Waals surface area contributed by atoms with Gasteiger partial charge in [-0.25, -0.2) is 0 Å². The highest BCUT2D eigenvalue weighted by molar-refractivity contribution is 5.95. The molecule has 1 N–H and O–H groups in total. The molecule has 6 nitrogen and oxygen atoms in total. The van der Waals surface area contributed by atoms with Crippen LogP contribution in [0.2, 0.25) is 0 Å². The standard InChI is InChI=1S/C26H29N3O3/c1-19-16-24(30)25(26(31)28-17-22-11-7-15-32-22)23(13-12-20-8-3-2-4-9-20)29(19)18-21-10-5-6-14-27-21/h2-6,8-10,14,16,22H,7,11-13,15,17-18H2,1H3,(H,28,31)/t22-/m1/s1. The number of aryl methyl sites for hydroxylation is 2. The Morgan fingerprint density at radius 1 is 1.16 bits per heavy atom. The van der Waals surface area contributed by atoms with Crippen LogP contribution >= 0.6 is 0 Å². The molecule has 1 fully saturated rings. The molecule has 1 aromatic carbocycles. The fourth-order valence-electron chi connectivity index (χ4n) is 4.21. The average molecular weight is 432 g/mol. The second-order valence-corrected chi connectivity index (χ2v) is 8.21. The van der Waals surface area contributed by atoms with Crippen molar-refractivity contribution in [1.82, 2.24) is 14.9 Å². The molecule has 0 spiro atoms. The Bertz CT molecular complexity index is 1100. The second kappa shape index (κ2) is 10.4. The van der Waals surface area contributed by atoms with Gasteiger partial charge in [-0.1, -0.05) is 36.4 Å². The molecule has 1 amide bonds. The summed E-state index contributed by atoms with van der Waals surface area (Å²) in [5.41, 5.74) is 3.59. The van der Waals surface area contributed by atoms with E-state index in [9.17, 15) is 9.59 Å². The lowest BCUT2D eigenvalue weighted by atomic mass is 10.0. The Balaban J connectivity index is 1.68. The molecule has 1 aliphatic heterocycles. The zero-order valence-corrected chi connectivity index (χ0v) is 18.4. The van der Waals surface area contributed by atoms with Gasteiger partial charge in [0.05, 0.1) is 18.3 Å². The summed E-state index contributed by atoms with van der Waals surface area (Å²) in [6.45, 7) is 3.56. The third-order valence-electron chi connectivity index (χ3n) is 5.91. The largest absolute Gasteiger partial charge is 0.376 e. The molecule has 1 aliphatic rings. The van der Waals surface area contributed by atoms with Crippen LogP contribution in [0.25, 0.3) is 0 Å². The van der Waals surface area contributed by atoms with E-state index in [0.29, 0.717) is 19.5 Å². The van der Waals surface area contributed by atoms with E-state index in [1.807, 2.05) is 47.9 Å². The predicted molar refractivity (Wildman–Crippen MR) is 124 cm³/mol. The minimum atomic E-state index is -0.330. The van der Waals surface area contributed by atoms with Crippen LogP contribution in [0.5, 0.6) is 0 Å². The highest BCUT2D eigenvalue weighted by Crippen LogP contribution is 2.16. The molecule has 32 heavy (non-hydrogen) atoms. The minimum absolute atomic E-state index is 0.0212. The molecule has 6 heteroatoms. The lowest BCUT2D eigenvalue weighted by molar-refractivity contribution is 0.0855. The Kier molecular flexibility index (Phi) is 7.12. The Hall–Kier alpha value is -3.25. The van der Waals surface area contributed by atoms with Crippen molar-refractivity contribution in [2.24, 2.45) is 0 Å². The Labute approximate surface area is 188 Å². The van der Waals surface area contributed by atoms with Crippen molar-refractivity contribution in [3.05, 3.63) is 99.2 Å². The molecule has 4 rings (SSSR count). The number of hydrogen-bond acceptors (Lipinski definition) is 4. The summed E-state index contributed by atoms with van der Waals surface area (Å²) in [4.78, 5) is 30.6. The molecule has 1 atom stereocenters. The first-order valence-electron chi connectivity index (χ1n) is 11.2. The Morgan fingerprint density at radius 3 is 2.69 bits per heavy atom. The van der Waals surface area contributed by atoms with Crippen molar-refractivity contribution in [1.29, 1.82) is 0 Å². The van der Waals surface area contributed by atoms with Crippen LogP contribution in [-0.4, -0.2) is 34.7 Å². The maximum absolute atomic E-state index is 13.2. The van der Waals surface area contributed by atoms with E-state index >= 15 is 0 Å². The van der Waals surface area contributed by atoms with Crippen LogP contribution in [0.4, 0.5) is 0 Å². The van der Waals surface area contributed by atoms with Crippen LogP contribution in [0.15, 0.2) is 65.6 Å². The second-order valence-electron chi connectivity index (χ2n) is 8.21. The van der Waals surface area contributed by atoms with Crippen LogP contribution in [0.1, 0.15) is 45.8 Å². The van der Waals surface area contributed by atoms with Gasteiger partial charge in [-0.05, 0) is 50.3 Å². The van der Waals surface area contributed by atoms with Gasteiger partial charge < -0.3 is 14.6 Å². The summed E-state index contributed by atoms with van der Waals surface area (Å²) in [5.74, 6) is -0.330. The zero-order valence-electron chi connectivity index (χ0n) is 18.4. The molecule has 0 bridgehead atoms. The van der Waals surface area contributed by atoms with E-state index < -0.39 is 0 Å². The molecule has 1 saturated heterocycles. The van der Waals surface area contributed by atoms with Gasteiger partial charge in [0.25, 0.3) is 5.91 Å². The van der Waals surface area contributed by atoms with E-state index in [4.69, 9.17) is 4.74 Å². The number of aromatic nitrogens is 2. The van der Waals surface area contributed by atoms with E-state index in [0.717, 1.165) is 48.5 Å². The summed E-state index contributed by atoms with van der Waals surface area (Å²) in [6, 6.07) is 17.4. The minimum Gasteiger partial charge on any atom is -0.376 e. The van der Waals surface area contributed by atoms with Gasteiger partial charge in [-0.2, -0.15) is 0 Å². The third kappa shape index (κ3) is 5.32. The molecule has 3 aromatic rings. The first-order valence-corrected chi connectivity index (χ1v) is 11.2. The number of benzene rings is 1. The number of nitrogens with one attached hydrogen (secondary N) is 1. The molecule has 0 saturated carbocycles. The van der Waals surface area contributed by atoms with Crippen LogP contribution in [0.3, 0.4) is 0 Å². The van der Waals surface area contributed by atoms with Crippen molar-refractivity contribution in [2.45, 2.75) is 45.3 Å². The SMILES string of the molecule is Cc1cc(=O)c(C(=O)NC[C@H]2CCCO2)c(CCc2ccccc2)n1Cc1ccccn1. The van der Waals surface area contributed by atoms with Crippen molar-refractivity contribution in [3.8, 4) is 0 Å². The third-order valence-corrected chi connectivity index (χ3v) is 5.91. The summed E-state index contributed by atoms with van der Waals surface area (Å²) >= 11 is 0. The number of carbonyl (C=O) groups is 1. The molecule has 166 valence electrons. The molecule has 0 aliphatic carbocycles. The number of amides is 1. The van der Waals surface area contributed by atoms with Crippen molar-refractivity contribution in [2.75, 3.05) is 13.2 Å². The smallest absolute Gasteiger partial charge is 0.257 e. The van der Waals surface area contributed by atoms with Crippen molar-refractivity contribution >= 4 is 5.91 Å². The van der Waals surface area contributed by atoms with E-state index in [2.05, 4.69) is 22.4 Å². The van der Waals surface area contributed by atoms with Gasteiger partial charge >= 0.3 is 0 Å². The molecular weight excluding hydrogens is 402 g/mol. The number of nitrogens with zero attached hydrogens (tertiary/aromatic N) is 2. The number of pyridine rings is 2. The molecule has 0 unspecified atom stereocenters. The topological polar surface area (TPSA) is 73.2 Å². The number of ether oxygens (including phenoxy) is 1. The van der Waals surface area contributed by atoms with Gasteiger partial charge in [0, 0.05) is 36.8 Å². The van der Waals surface area contributed by atoms with E-state index in [1.165, 1.54) is 0 Å². The van der Waals surface area contributed by atoms with Gasteiger partial charge in [-0.15, -0.1) is 0 Å². The normalized spacial score (nSPS) is 15.6. The highest BCUT2D eigenvalue weighted by Gasteiger charge is 2.22. The summed E-state index contributed by atoms with van der Waals surface area (Å²) in [6.07, 6.45) is 5.02. The molecule has 2 aromatic heterocycles. The lowest BCUT2D eigenvalue weighted by Crippen LogP contribution is -2.37. The van der Waals surface area contributed by atoms with Gasteiger partial charge in [-0.3, -0.25) is 14.6 Å². The van der Waals surface area contributed by atoms with Crippen LogP contribution in [0, 0.1) is 6.92 Å². The number of hydrogen-bond donors (Lipinski definition) is 1. The monoisotopic (exact) mass is 431 g/mol. The first kappa shape index (κ1) is 22.0. The zero-order chi connectivity index (χ0) is 22.3. The molecular formula is C26H29N3O3. The number of rotatable bonds is 8. The fraction of sp³-hybridized carbons (Fsp3) is 0.346. The van der Waals surface area contributed by atoms with Crippen LogP contribution < -0.4 is 10.7 Å². The maximum atomic E-state index is 13.2. The summed E-state index contributed by atoms with van der Waals surface area (Å²) < 4.78 is 7.67. The van der Waals surface area contributed by atoms with Crippen molar-refractivity contribution in [3.63, 3.8) is 0 Å². The Morgan fingerprint density at radius 2 is 1.97 bits per heavy atom. The van der Waals surface area contributed by atoms with Gasteiger partial charge in [0.2, 0.25) is 0 Å². The van der Waals surface area contributed by atoms with E-state index in [-0.39, 0.29) is 23.0 Å². The number of carbonyl (C=O) groups excluding carboxylic acids is 1. The summed E-state index contributed by atoms with van der Waals surface area (Å²) in [7, 11) is 0. The van der Waals surface area contributed by atoms with E-state index in [1.54, 1.807) is 12.3 Å².